The molecule has 0 amide bonds. The molecule has 1 aromatic heterocycles. The van der Waals surface area contributed by atoms with Crippen molar-refractivity contribution in [2.24, 2.45) is 0 Å². The first-order valence-electron chi connectivity index (χ1n) is 7.67. The van der Waals surface area contributed by atoms with Crippen LogP contribution >= 0.6 is 0 Å². The second-order valence-electron chi connectivity index (χ2n) is 5.33. The summed E-state index contributed by atoms with van der Waals surface area (Å²) in [6.45, 7) is 6.04. The summed E-state index contributed by atoms with van der Waals surface area (Å²) in [6.07, 6.45) is 0.961. The first-order chi connectivity index (χ1) is 11.2. The molecule has 1 aromatic carbocycles. The van der Waals surface area contributed by atoms with Crippen molar-refractivity contribution >= 4 is 11.9 Å². The molecule has 3 rings (SSSR count). The van der Waals surface area contributed by atoms with Crippen molar-refractivity contribution in [2.75, 3.05) is 11.9 Å². The number of aromatic nitrogens is 4. The molecule has 0 bridgehead atoms. The number of nitrogens with zero attached hydrogens (tertiary/aromatic N) is 4. The summed E-state index contributed by atoms with van der Waals surface area (Å²) in [6, 6.07) is 7.73. The van der Waals surface area contributed by atoms with E-state index in [0.717, 1.165) is 12.0 Å². The Morgan fingerprint density at radius 2 is 2.04 bits per heavy atom. The molecule has 0 spiro atoms. The summed E-state index contributed by atoms with van der Waals surface area (Å²) < 4.78 is 6.83. The second kappa shape index (κ2) is 6.20. The molecule has 120 valence electrons. The minimum absolute atomic E-state index is 0.319. The van der Waals surface area contributed by atoms with Gasteiger partial charge in [0.25, 0.3) is 0 Å². The van der Waals surface area contributed by atoms with Gasteiger partial charge in [-0.15, -0.1) is 0 Å². The van der Waals surface area contributed by atoms with Crippen LogP contribution in [0.25, 0.3) is 0 Å². The van der Waals surface area contributed by atoms with Gasteiger partial charge in [0, 0.05) is 5.70 Å². The number of hydrogen-bond donors (Lipinski definition) is 1. The Morgan fingerprint density at radius 3 is 2.70 bits per heavy atom. The Labute approximate surface area is 134 Å². The maximum Gasteiger partial charge on any atom is 0.338 e. The van der Waals surface area contributed by atoms with Gasteiger partial charge in [0.05, 0.1) is 12.2 Å². The highest BCUT2D eigenvalue weighted by atomic mass is 16.5. The number of anilines is 1. The molecule has 0 aliphatic carbocycles. The lowest BCUT2D eigenvalue weighted by atomic mass is 9.95. The summed E-state index contributed by atoms with van der Waals surface area (Å²) in [5, 5.41) is 14.8. The number of esters is 1. The highest BCUT2D eigenvalue weighted by molar-refractivity contribution is 5.92. The van der Waals surface area contributed by atoms with Gasteiger partial charge in [-0.25, -0.2) is 4.79 Å². The van der Waals surface area contributed by atoms with Gasteiger partial charge >= 0.3 is 5.97 Å². The van der Waals surface area contributed by atoms with E-state index in [4.69, 9.17) is 4.74 Å². The van der Waals surface area contributed by atoms with Gasteiger partial charge in [-0.2, -0.15) is 4.68 Å². The Kier molecular flexibility index (Phi) is 4.10. The second-order valence-corrected chi connectivity index (χ2v) is 5.33. The maximum absolute atomic E-state index is 12.4. The monoisotopic (exact) mass is 313 g/mol. The zero-order valence-corrected chi connectivity index (χ0v) is 13.4. The van der Waals surface area contributed by atoms with Gasteiger partial charge in [0.15, 0.2) is 0 Å². The van der Waals surface area contributed by atoms with Crippen molar-refractivity contribution in [3.63, 3.8) is 0 Å². The van der Waals surface area contributed by atoms with Crippen LogP contribution in [0.5, 0.6) is 0 Å². The molecule has 2 heterocycles. The quantitative estimate of drug-likeness (QED) is 0.870. The molecular formula is C16H19N5O2. The van der Waals surface area contributed by atoms with E-state index in [-0.39, 0.29) is 5.97 Å². The molecule has 1 aliphatic heterocycles. The fraction of sp³-hybridized carbons (Fsp3) is 0.375. The largest absolute Gasteiger partial charge is 0.463 e. The molecule has 7 nitrogen and oxygen atoms in total. The minimum atomic E-state index is -0.397. The Balaban J connectivity index is 2.10. The van der Waals surface area contributed by atoms with E-state index in [0.29, 0.717) is 23.8 Å². The summed E-state index contributed by atoms with van der Waals surface area (Å²) in [5.41, 5.74) is 3.41. The molecule has 0 saturated heterocycles. The molecule has 1 N–H and O–H groups in total. The van der Waals surface area contributed by atoms with E-state index < -0.39 is 6.04 Å². The zero-order chi connectivity index (χ0) is 16.4. The van der Waals surface area contributed by atoms with Crippen LogP contribution < -0.4 is 5.32 Å². The normalized spacial score (nSPS) is 16.7. The average molecular weight is 313 g/mol. The van der Waals surface area contributed by atoms with Crippen LogP contribution in [0.4, 0.5) is 5.95 Å². The predicted molar refractivity (Wildman–Crippen MR) is 84.7 cm³/mol. The van der Waals surface area contributed by atoms with E-state index in [1.165, 1.54) is 5.56 Å². The zero-order valence-electron chi connectivity index (χ0n) is 13.4. The van der Waals surface area contributed by atoms with Crippen LogP contribution in [0.3, 0.4) is 0 Å². The first-order valence-corrected chi connectivity index (χ1v) is 7.67. The van der Waals surface area contributed by atoms with Crippen LogP contribution in [0.15, 0.2) is 35.5 Å². The van der Waals surface area contributed by atoms with Crippen molar-refractivity contribution in [3.05, 3.63) is 46.7 Å². The number of carbonyl (C=O) groups is 1. The van der Waals surface area contributed by atoms with Gasteiger partial charge in [-0.05, 0) is 41.8 Å². The number of ether oxygens (including phenoxy) is 1. The Hall–Kier alpha value is -2.70. The number of tetrazole rings is 1. The van der Waals surface area contributed by atoms with Gasteiger partial charge in [-0.3, -0.25) is 0 Å². The number of benzene rings is 1. The number of nitrogens with one attached hydrogen (secondary N) is 1. The fourth-order valence-electron chi connectivity index (χ4n) is 2.73. The standard InChI is InChI=1S/C16H19N5O2/c1-4-11-6-8-12(9-7-11)14-13(15(22)23-5-2)10(3)17-16-18-19-20-21(14)16/h6-9,14H,4-5H2,1-3H3,(H,17,18,20). The van der Waals surface area contributed by atoms with Crippen molar-refractivity contribution in [3.8, 4) is 0 Å². The van der Waals surface area contributed by atoms with Crippen molar-refractivity contribution in [2.45, 2.75) is 33.2 Å². The van der Waals surface area contributed by atoms with Crippen molar-refractivity contribution in [1.82, 2.24) is 20.2 Å². The van der Waals surface area contributed by atoms with Gasteiger partial charge in [0.2, 0.25) is 5.95 Å². The summed E-state index contributed by atoms with van der Waals surface area (Å²) in [5.74, 6) is 0.156. The van der Waals surface area contributed by atoms with E-state index in [1.807, 2.05) is 19.1 Å². The topological polar surface area (TPSA) is 81.9 Å². The third-order valence-corrected chi connectivity index (χ3v) is 3.91. The molecule has 0 radical (unpaired) electrons. The lowest BCUT2D eigenvalue weighted by Gasteiger charge is -2.27. The molecular weight excluding hydrogens is 294 g/mol. The fourth-order valence-corrected chi connectivity index (χ4v) is 2.73. The highest BCUT2D eigenvalue weighted by Gasteiger charge is 2.34. The number of allylic oxidation sites excluding steroid dienone is 1. The minimum Gasteiger partial charge on any atom is -0.463 e. The number of fused-ring (bicyclic) bond motifs is 1. The third kappa shape index (κ3) is 2.69. The molecule has 1 aliphatic rings. The lowest BCUT2D eigenvalue weighted by Crippen LogP contribution is -2.29. The molecule has 0 fully saturated rings. The Morgan fingerprint density at radius 1 is 1.30 bits per heavy atom. The van der Waals surface area contributed by atoms with Crippen LogP contribution in [0.1, 0.15) is 37.9 Å². The van der Waals surface area contributed by atoms with Gasteiger partial charge < -0.3 is 10.1 Å². The van der Waals surface area contributed by atoms with E-state index in [9.17, 15) is 4.79 Å². The smallest absolute Gasteiger partial charge is 0.338 e. The lowest BCUT2D eigenvalue weighted by molar-refractivity contribution is -0.139. The number of aryl methyl sites for hydroxylation is 1. The van der Waals surface area contributed by atoms with E-state index >= 15 is 0 Å². The SMILES string of the molecule is CCOC(=O)C1=C(C)Nc2nnnn2C1c1ccc(CC)cc1. The van der Waals surface area contributed by atoms with Crippen LogP contribution in [0, 0.1) is 0 Å². The molecule has 1 unspecified atom stereocenters. The average Bonchev–Trinajstić information content (AvgIpc) is 3.01. The molecule has 1 atom stereocenters. The molecule has 23 heavy (non-hydrogen) atoms. The van der Waals surface area contributed by atoms with Gasteiger partial charge in [0.1, 0.15) is 6.04 Å². The van der Waals surface area contributed by atoms with Crippen molar-refractivity contribution in [1.29, 1.82) is 0 Å². The van der Waals surface area contributed by atoms with Crippen molar-refractivity contribution < 1.29 is 9.53 Å². The molecule has 2 aromatic rings. The number of hydrogen-bond acceptors (Lipinski definition) is 6. The van der Waals surface area contributed by atoms with Crippen LogP contribution in [-0.2, 0) is 16.0 Å². The summed E-state index contributed by atoms with van der Waals surface area (Å²) in [4.78, 5) is 12.4. The predicted octanol–water partition coefficient (Wildman–Crippen LogP) is 2.09. The van der Waals surface area contributed by atoms with Crippen LogP contribution in [-0.4, -0.2) is 32.8 Å². The highest BCUT2D eigenvalue weighted by Crippen LogP contribution is 2.34. The maximum atomic E-state index is 12.4. The first kappa shape index (κ1) is 15.2. The number of carbonyl (C=O) groups excluding carboxylic acids is 1. The third-order valence-electron chi connectivity index (χ3n) is 3.91. The summed E-state index contributed by atoms with van der Waals surface area (Å²) in [7, 11) is 0. The Bertz CT molecular complexity index is 748. The van der Waals surface area contributed by atoms with E-state index in [2.05, 4.69) is 39.9 Å². The van der Waals surface area contributed by atoms with Gasteiger partial charge in [-0.1, -0.05) is 36.3 Å². The van der Waals surface area contributed by atoms with E-state index in [1.54, 1.807) is 11.6 Å². The molecule has 0 saturated carbocycles. The van der Waals surface area contributed by atoms with Crippen LogP contribution in [0.2, 0.25) is 0 Å². The summed E-state index contributed by atoms with van der Waals surface area (Å²) >= 11 is 0. The molecule has 7 heteroatoms. The number of rotatable bonds is 4.